The van der Waals surface area contributed by atoms with E-state index in [-0.39, 0.29) is 23.5 Å². The minimum Gasteiger partial charge on any atom is -0.488 e. The van der Waals surface area contributed by atoms with Gasteiger partial charge in [-0.1, -0.05) is 0 Å². The summed E-state index contributed by atoms with van der Waals surface area (Å²) >= 11 is 0. The molecule has 1 aromatic carbocycles. The zero-order valence-corrected chi connectivity index (χ0v) is 12.9. The number of carbonyl (C=O) groups excluding carboxylic acids is 1. The summed E-state index contributed by atoms with van der Waals surface area (Å²) in [5.41, 5.74) is 7.46. The number of halogens is 1. The number of benzene rings is 1. The van der Waals surface area contributed by atoms with Crippen LogP contribution in [0.3, 0.4) is 0 Å². The summed E-state index contributed by atoms with van der Waals surface area (Å²) in [6.45, 7) is 0.348. The summed E-state index contributed by atoms with van der Waals surface area (Å²) in [6, 6.07) is 2.78. The third-order valence-electron chi connectivity index (χ3n) is 3.66. The molecule has 7 heteroatoms. The molecule has 120 valence electrons. The van der Waals surface area contributed by atoms with Crippen LogP contribution in [-0.2, 0) is 6.42 Å². The van der Waals surface area contributed by atoms with Gasteiger partial charge < -0.3 is 15.4 Å². The second-order valence-electron chi connectivity index (χ2n) is 5.61. The van der Waals surface area contributed by atoms with Crippen LogP contribution >= 0.6 is 0 Å². The van der Waals surface area contributed by atoms with Gasteiger partial charge >= 0.3 is 0 Å². The molecule has 2 aromatic rings. The van der Waals surface area contributed by atoms with Gasteiger partial charge in [0.15, 0.2) is 0 Å². The first-order valence-corrected chi connectivity index (χ1v) is 7.22. The Kier molecular flexibility index (Phi) is 3.96. The SMILES string of the molecule is CN(C)C(=O)c1cncc(-c2cc(F)cc3c2O[C@@H](CN)C3)n1. The second-order valence-corrected chi connectivity index (χ2v) is 5.61. The van der Waals surface area contributed by atoms with Gasteiger partial charge in [-0.2, -0.15) is 0 Å². The molecule has 1 aliphatic heterocycles. The highest BCUT2D eigenvalue weighted by Crippen LogP contribution is 2.38. The lowest BCUT2D eigenvalue weighted by molar-refractivity contribution is 0.0821. The molecule has 0 unspecified atom stereocenters. The Hall–Kier alpha value is -2.54. The average molecular weight is 316 g/mol. The number of ether oxygens (including phenoxy) is 1. The van der Waals surface area contributed by atoms with Crippen LogP contribution < -0.4 is 10.5 Å². The summed E-state index contributed by atoms with van der Waals surface area (Å²) in [5.74, 6) is -0.0927. The van der Waals surface area contributed by atoms with E-state index in [0.717, 1.165) is 5.56 Å². The van der Waals surface area contributed by atoms with Gasteiger partial charge in [-0.25, -0.2) is 9.37 Å². The van der Waals surface area contributed by atoms with Crippen molar-refractivity contribution in [3.63, 3.8) is 0 Å². The minimum atomic E-state index is -0.383. The number of rotatable bonds is 3. The summed E-state index contributed by atoms with van der Waals surface area (Å²) in [7, 11) is 3.26. The number of hydrogen-bond donors (Lipinski definition) is 1. The molecule has 0 bridgehead atoms. The van der Waals surface area contributed by atoms with Gasteiger partial charge in [-0.3, -0.25) is 9.78 Å². The monoisotopic (exact) mass is 316 g/mol. The summed E-state index contributed by atoms with van der Waals surface area (Å²) in [6.07, 6.45) is 3.25. The van der Waals surface area contributed by atoms with Gasteiger partial charge in [0.25, 0.3) is 5.91 Å². The Balaban J connectivity index is 2.07. The van der Waals surface area contributed by atoms with Crippen LogP contribution in [0.25, 0.3) is 11.3 Å². The maximum absolute atomic E-state index is 13.9. The predicted molar refractivity (Wildman–Crippen MR) is 82.6 cm³/mol. The molecule has 0 aliphatic carbocycles. The van der Waals surface area contributed by atoms with Crippen LogP contribution in [0.2, 0.25) is 0 Å². The largest absolute Gasteiger partial charge is 0.488 e. The number of nitrogens with two attached hydrogens (primary N) is 1. The topological polar surface area (TPSA) is 81.3 Å². The molecule has 1 atom stereocenters. The van der Waals surface area contributed by atoms with Crippen molar-refractivity contribution in [2.24, 2.45) is 5.73 Å². The lowest BCUT2D eigenvalue weighted by Crippen LogP contribution is -2.24. The van der Waals surface area contributed by atoms with Crippen molar-refractivity contribution >= 4 is 5.91 Å². The van der Waals surface area contributed by atoms with E-state index in [0.29, 0.717) is 30.0 Å². The Morgan fingerprint density at radius 3 is 2.91 bits per heavy atom. The van der Waals surface area contributed by atoms with Crippen LogP contribution in [0.15, 0.2) is 24.5 Å². The van der Waals surface area contributed by atoms with E-state index >= 15 is 0 Å². The number of nitrogens with zero attached hydrogens (tertiary/aromatic N) is 3. The van der Waals surface area contributed by atoms with Crippen LogP contribution in [0.5, 0.6) is 5.75 Å². The van der Waals surface area contributed by atoms with Crippen molar-refractivity contribution in [3.05, 3.63) is 41.6 Å². The van der Waals surface area contributed by atoms with Crippen LogP contribution in [0.4, 0.5) is 4.39 Å². The zero-order chi connectivity index (χ0) is 16.6. The fourth-order valence-electron chi connectivity index (χ4n) is 2.54. The predicted octanol–water partition coefficient (Wildman–Crippen LogP) is 1.25. The summed E-state index contributed by atoms with van der Waals surface area (Å²) < 4.78 is 19.7. The van der Waals surface area contributed by atoms with Crippen molar-refractivity contribution in [2.45, 2.75) is 12.5 Å². The van der Waals surface area contributed by atoms with Crippen molar-refractivity contribution < 1.29 is 13.9 Å². The van der Waals surface area contributed by atoms with Crippen molar-refractivity contribution in [1.82, 2.24) is 14.9 Å². The van der Waals surface area contributed by atoms with Gasteiger partial charge in [0.2, 0.25) is 0 Å². The highest BCUT2D eigenvalue weighted by molar-refractivity contribution is 5.92. The van der Waals surface area contributed by atoms with Gasteiger partial charge in [0.05, 0.1) is 18.1 Å². The van der Waals surface area contributed by atoms with Crippen molar-refractivity contribution in [1.29, 1.82) is 0 Å². The maximum Gasteiger partial charge on any atom is 0.273 e. The minimum absolute atomic E-state index is 0.176. The van der Waals surface area contributed by atoms with E-state index in [1.54, 1.807) is 14.1 Å². The molecule has 3 rings (SSSR count). The average Bonchev–Trinajstić information content (AvgIpc) is 2.96. The fraction of sp³-hybridized carbons (Fsp3) is 0.312. The lowest BCUT2D eigenvalue weighted by Gasteiger charge is -2.12. The molecule has 0 fully saturated rings. The van der Waals surface area contributed by atoms with Crippen LogP contribution in [0, 0.1) is 5.82 Å². The van der Waals surface area contributed by atoms with Crippen molar-refractivity contribution in [3.8, 4) is 17.0 Å². The van der Waals surface area contributed by atoms with Gasteiger partial charge in [0.1, 0.15) is 23.4 Å². The number of amides is 1. The normalized spacial score (nSPS) is 15.9. The lowest BCUT2D eigenvalue weighted by atomic mass is 10.0. The highest BCUT2D eigenvalue weighted by atomic mass is 19.1. The molecular formula is C16H17FN4O2. The summed E-state index contributed by atoms with van der Waals surface area (Å²) in [4.78, 5) is 21.8. The fourth-order valence-corrected chi connectivity index (χ4v) is 2.54. The van der Waals surface area contributed by atoms with Gasteiger partial charge in [0, 0.05) is 38.2 Å². The zero-order valence-electron chi connectivity index (χ0n) is 12.9. The molecule has 0 radical (unpaired) electrons. The Labute approximate surface area is 133 Å². The molecular weight excluding hydrogens is 299 g/mol. The molecule has 0 spiro atoms. The molecule has 23 heavy (non-hydrogen) atoms. The maximum atomic E-state index is 13.9. The number of hydrogen-bond acceptors (Lipinski definition) is 5. The van der Waals surface area contributed by atoms with E-state index in [1.807, 2.05) is 0 Å². The first-order chi connectivity index (χ1) is 11.0. The molecule has 1 amide bonds. The molecule has 0 saturated carbocycles. The smallest absolute Gasteiger partial charge is 0.273 e. The molecule has 1 aliphatic rings. The van der Waals surface area contributed by atoms with Gasteiger partial charge in [-0.15, -0.1) is 0 Å². The van der Waals surface area contributed by atoms with Crippen molar-refractivity contribution in [2.75, 3.05) is 20.6 Å². The molecule has 0 saturated heterocycles. The Bertz CT molecular complexity index is 764. The third kappa shape index (κ3) is 2.87. The first-order valence-electron chi connectivity index (χ1n) is 7.22. The van der Waals surface area contributed by atoms with E-state index in [2.05, 4.69) is 9.97 Å². The quantitative estimate of drug-likeness (QED) is 0.921. The Morgan fingerprint density at radius 1 is 1.43 bits per heavy atom. The second kappa shape index (κ2) is 5.92. The number of aromatic nitrogens is 2. The van der Waals surface area contributed by atoms with Gasteiger partial charge in [-0.05, 0) is 12.1 Å². The van der Waals surface area contributed by atoms with Crippen LogP contribution in [0.1, 0.15) is 16.1 Å². The van der Waals surface area contributed by atoms with E-state index < -0.39 is 0 Å². The van der Waals surface area contributed by atoms with E-state index in [1.165, 1.54) is 29.4 Å². The third-order valence-corrected chi connectivity index (χ3v) is 3.66. The van der Waals surface area contributed by atoms with E-state index in [9.17, 15) is 9.18 Å². The number of carbonyl (C=O) groups is 1. The van der Waals surface area contributed by atoms with E-state index in [4.69, 9.17) is 10.5 Å². The summed E-state index contributed by atoms with van der Waals surface area (Å²) in [5, 5.41) is 0. The number of fused-ring (bicyclic) bond motifs is 1. The highest BCUT2D eigenvalue weighted by Gasteiger charge is 2.27. The Morgan fingerprint density at radius 2 is 2.22 bits per heavy atom. The molecule has 2 N–H and O–H groups in total. The molecule has 1 aromatic heterocycles. The molecule has 6 nitrogen and oxygen atoms in total. The van der Waals surface area contributed by atoms with Crippen LogP contribution in [-0.4, -0.2) is 47.5 Å². The standard InChI is InChI=1S/C16H17FN4O2/c1-21(2)16(22)14-8-19-7-13(20-14)12-5-10(17)3-9-4-11(6-18)23-15(9)12/h3,5,7-8,11H,4,6,18H2,1-2H3/t11-/m1/s1. The first kappa shape index (κ1) is 15.4. The molecule has 2 heterocycles.